The third kappa shape index (κ3) is 3.22. The molecule has 0 N–H and O–H groups in total. The molecule has 0 radical (unpaired) electrons. The predicted octanol–water partition coefficient (Wildman–Crippen LogP) is 11.2. The number of rotatable bonds is 2. The first-order valence-corrected chi connectivity index (χ1v) is 14.4. The van der Waals surface area contributed by atoms with E-state index in [1.54, 1.807) is 0 Å². The van der Waals surface area contributed by atoms with Crippen LogP contribution >= 0.6 is 0 Å². The summed E-state index contributed by atoms with van der Waals surface area (Å²) < 4.78 is 0. The Kier molecular flexibility index (Phi) is 4.77. The Hall–Kier alpha value is -5.20. The lowest BCUT2D eigenvalue weighted by molar-refractivity contribution is 1.29. The van der Waals surface area contributed by atoms with E-state index in [0.29, 0.717) is 0 Å². The maximum atomic E-state index is 2.51. The lowest BCUT2D eigenvalue weighted by atomic mass is 9.83. The molecule has 0 nitrogen and oxygen atoms in total. The highest BCUT2D eigenvalue weighted by Crippen LogP contribution is 2.50. The van der Waals surface area contributed by atoms with Gasteiger partial charge in [0.15, 0.2) is 0 Å². The normalized spacial score (nSPS) is 12.3. The Bertz CT molecular complexity index is 2270. The second-order valence-electron chi connectivity index (χ2n) is 11.2. The van der Waals surface area contributed by atoms with E-state index in [4.69, 9.17) is 0 Å². The van der Waals surface area contributed by atoms with Crippen molar-refractivity contribution in [3.05, 3.63) is 157 Å². The van der Waals surface area contributed by atoms with Crippen molar-refractivity contribution in [2.45, 2.75) is 6.42 Å². The molecule has 0 saturated heterocycles. The summed E-state index contributed by atoms with van der Waals surface area (Å²) in [6.45, 7) is 0. The maximum Gasteiger partial charge on any atom is -0.000705 e. The zero-order valence-corrected chi connectivity index (χ0v) is 22.6. The molecule has 8 aromatic rings. The van der Waals surface area contributed by atoms with Crippen molar-refractivity contribution in [1.82, 2.24) is 0 Å². The fourth-order valence-corrected chi connectivity index (χ4v) is 7.36. The molecule has 190 valence electrons. The molecule has 1 aliphatic rings. The molecular formula is C41H26. The predicted molar refractivity (Wildman–Crippen MR) is 176 cm³/mol. The van der Waals surface area contributed by atoms with E-state index in [9.17, 15) is 0 Å². The minimum atomic E-state index is 0.977. The fourth-order valence-electron chi connectivity index (χ4n) is 7.36. The van der Waals surface area contributed by atoms with Crippen LogP contribution in [0.15, 0.2) is 146 Å². The second-order valence-corrected chi connectivity index (χ2v) is 11.2. The Morgan fingerprint density at radius 3 is 1.56 bits per heavy atom. The average Bonchev–Trinajstić information content (AvgIpc) is 3.43. The first-order chi connectivity index (χ1) is 20.4. The molecule has 0 atom stereocenters. The van der Waals surface area contributed by atoms with Crippen LogP contribution in [-0.4, -0.2) is 0 Å². The molecular weight excluding hydrogens is 492 g/mol. The van der Waals surface area contributed by atoms with E-state index in [-0.39, 0.29) is 0 Å². The van der Waals surface area contributed by atoms with Crippen molar-refractivity contribution in [3.63, 3.8) is 0 Å². The summed E-state index contributed by atoms with van der Waals surface area (Å²) in [5, 5.41) is 10.5. The molecule has 8 aromatic carbocycles. The van der Waals surface area contributed by atoms with Crippen LogP contribution in [0.2, 0.25) is 0 Å². The van der Waals surface area contributed by atoms with Gasteiger partial charge in [-0.25, -0.2) is 0 Å². The monoisotopic (exact) mass is 518 g/mol. The number of hydrogen-bond donors (Lipinski definition) is 0. The van der Waals surface area contributed by atoms with E-state index < -0.39 is 0 Å². The molecule has 0 heteroatoms. The molecule has 0 heterocycles. The Morgan fingerprint density at radius 1 is 0.341 bits per heavy atom. The minimum absolute atomic E-state index is 0.977. The van der Waals surface area contributed by atoms with Gasteiger partial charge in [0, 0.05) is 0 Å². The van der Waals surface area contributed by atoms with Crippen LogP contribution in [0.3, 0.4) is 0 Å². The van der Waals surface area contributed by atoms with Crippen LogP contribution in [0.25, 0.3) is 76.5 Å². The highest BCUT2D eigenvalue weighted by molar-refractivity contribution is 6.24. The molecule has 0 aromatic heterocycles. The van der Waals surface area contributed by atoms with Gasteiger partial charge in [-0.05, 0) is 100 Å². The molecule has 9 rings (SSSR count). The van der Waals surface area contributed by atoms with Crippen LogP contribution in [-0.2, 0) is 6.42 Å². The van der Waals surface area contributed by atoms with Crippen molar-refractivity contribution >= 4 is 43.1 Å². The summed E-state index contributed by atoms with van der Waals surface area (Å²) in [4.78, 5) is 0. The number of benzene rings is 8. The number of hydrogen-bond acceptors (Lipinski definition) is 0. The van der Waals surface area contributed by atoms with E-state index in [1.807, 2.05) is 0 Å². The summed E-state index contributed by atoms with van der Waals surface area (Å²) in [5.41, 5.74) is 10.9. The molecule has 0 unspecified atom stereocenters. The molecule has 0 bridgehead atoms. The van der Waals surface area contributed by atoms with E-state index in [1.165, 1.54) is 87.6 Å². The maximum absolute atomic E-state index is 2.51. The van der Waals surface area contributed by atoms with E-state index >= 15 is 0 Å². The lowest BCUT2D eigenvalue weighted by Gasteiger charge is -2.20. The molecule has 0 saturated carbocycles. The van der Waals surface area contributed by atoms with Gasteiger partial charge in [0.25, 0.3) is 0 Å². The highest BCUT2D eigenvalue weighted by atomic mass is 14.3. The van der Waals surface area contributed by atoms with Crippen molar-refractivity contribution in [3.8, 4) is 33.4 Å². The van der Waals surface area contributed by atoms with Gasteiger partial charge in [0.2, 0.25) is 0 Å². The first kappa shape index (κ1) is 22.6. The quantitative estimate of drug-likeness (QED) is 0.200. The average molecular weight is 519 g/mol. The number of fused-ring (bicyclic) bond motifs is 9. The Labute approximate surface area is 239 Å². The van der Waals surface area contributed by atoms with Crippen molar-refractivity contribution in [2.24, 2.45) is 0 Å². The van der Waals surface area contributed by atoms with Crippen molar-refractivity contribution in [2.75, 3.05) is 0 Å². The fraction of sp³-hybridized carbons (Fsp3) is 0.0244. The summed E-state index contributed by atoms with van der Waals surface area (Å²) in [7, 11) is 0. The van der Waals surface area contributed by atoms with Gasteiger partial charge >= 0.3 is 0 Å². The van der Waals surface area contributed by atoms with E-state index in [2.05, 4.69) is 146 Å². The standard InChI is InChI=1S/C41H26/c1-2-13-27(14-3-1)39-32-18-8-10-20-34(32)41(35-21-11-9-19-33(35)39)37-25-38-36(30-16-6-7-17-31(30)37)24-28-23-22-26-12-4-5-15-29(26)40(28)38/h1-23,25H,24H2. The Morgan fingerprint density at radius 2 is 0.878 bits per heavy atom. The first-order valence-electron chi connectivity index (χ1n) is 14.4. The molecule has 0 fully saturated rings. The zero-order chi connectivity index (χ0) is 26.9. The summed E-state index contributed by atoms with van der Waals surface area (Å²) in [6.07, 6.45) is 0.977. The molecule has 41 heavy (non-hydrogen) atoms. The third-order valence-electron chi connectivity index (χ3n) is 9.07. The summed E-state index contributed by atoms with van der Waals surface area (Å²) in [6, 6.07) is 53.8. The van der Waals surface area contributed by atoms with Gasteiger partial charge in [-0.15, -0.1) is 0 Å². The zero-order valence-electron chi connectivity index (χ0n) is 22.6. The van der Waals surface area contributed by atoms with Gasteiger partial charge < -0.3 is 0 Å². The van der Waals surface area contributed by atoms with Crippen LogP contribution in [0.4, 0.5) is 0 Å². The van der Waals surface area contributed by atoms with Crippen LogP contribution in [0, 0.1) is 0 Å². The van der Waals surface area contributed by atoms with E-state index in [0.717, 1.165) is 6.42 Å². The van der Waals surface area contributed by atoms with Crippen molar-refractivity contribution < 1.29 is 0 Å². The topological polar surface area (TPSA) is 0 Å². The smallest absolute Gasteiger partial charge is 0.000705 e. The summed E-state index contributed by atoms with van der Waals surface area (Å²) >= 11 is 0. The largest absolute Gasteiger partial charge is 0.0622 e. The lowest BCUT2D eigenvalue weighted by Crippen LogP contribution is -1.93. The van der Waals surface area contributed by atoms with Gasteiger partial charge in [0.1, 0.15) is 0 Å². The van der Waals surface area contributed by atoms with Gasteiger partial charge in [0.05, 0.1) is 0 Å². The SMILES string of the molecule is c1ccc(-c2c3ccccc3c(-c3cc4c(c5ccccc35)Cc3ccc5ccccc5c3-4)c3ccccc23)cc1. The molecule has 1 aliphatic carbocycles. The third-order valence-corrected chi connectivity index (χ3v) is 9.07. The van der Waals surface area contributed by atoms with Gasteiger partial charge in [-0.3, -0.25) is 0 Å². The Balaban J connectivity index is 1.46. The van der Waals surface area contributed by atoms with Crippen LogP contribution < -0.4 is 0 Å². The molecule has 0 aliphatic heterocycles. The van der Waals surface area contributed by atoms with Gasteiger partial charge in [-0.2, -0.15) is 0 Å². The highest BCUT2D eigenvalue weighted by Gasteiger charge is 2.26. The van der Waals surface area contributed by atoms with Gasteiger partial charge in [-0.1, -0.05) is 140 Å². The van der Waals surface area contributed by atoms with Crippen LogP contribution in [0.5, 0.6) is 0 Å². The second kappa shape index (κ2) is 8.65. The minimum Gasteiger partial charge on any atom is -0.0622 e. The van der Waals surface area contributed by atoms with Crippen molar-refractivity contribution in [1.29, 1.82) is 0 Å². The van der Waals surface area contributed by atoms with Crippen LogP contribution in [0.1, 0.15) is 11.1 Å². The molecule has 0 spiro atoms. The molecule has 0 amide bonds. The summed E-state index contributed by atoms with van der Waals surface area (Å²) in [5.74, 6) is 0.